The van der Waals surface area contributed by atoms with Crippen LogP contribution in [0.2, 0.25) is 0 Å². The maximum atomic E-state index is 12.4. The first-order valence-electron chi connectivity index (χ1n) is 8.34. The normalized spacial score (nSPS) is 18.9. The highest BCUT2D eigenvalue weighted by atomic mass is 16.2. The average Bonchev–Trinajstić information content (AvgIpc) is 3.39. The molecule has 4 heteroatoms. The van der Waals surface area contributed by atoms with Crippen molar-refractivity contribution in [2.45, 2.75) is 32.1 Å². The van der Waals surface area contributed by atoms with Crippen LogP contribution in [0.4, 0.5) is 0 Å². The molecule has 2 fully saturated rings. The maximum Gasteiger partial charge on any atom is 0.225 e. The fourth-order valence-electron chi connectivity index (χ4n) is 3.03. The van der Waals surface area contributed by atoms with E-state index >= 15 is 0 Å². The van der Waals surface area contributed by atoms with Crippen molar-refractivity contribution in [1.82, 2.24) is 9.80 Å². The molecule has 2 amide bonds. The Hall–Kier alpha value is -1.84. The van der Waals surface area contributed by atoms with Gasteiger partial charge in [0.2, 0.25) is 11.8 Å². The van der Waals surface area contributed by atoms with Gasteiger partial charge in [-0.2, -0.15) is 0 Å². The molecule has 1 aromatic rings. The molecule has 0 atom stereocenters. The molecular formula is C18H24N2O2. The van der Waals surface area contributed by atoms with Crippen LogP contribution in [0.3, 0.4) is 0 Å². The molecule has 1 heterocycles. The summed E-state index contributed by atoms with van der Waals surface area (Å²) in [6.45, 7) is 2.97. The number of aryl methyl sites for hydroxylation is 1. The number of rotatable bonds is 4. The van der Waals surface area contributed by atoms with E-state index in [1.807, 2.05) is 28.0 Å². The Kier molecular flexibility index (Phi) is 4.76. The molecule has 3 rings (SSSR count). The van der Waals surface area contributed by atoms with Crippen LogP contribution in [0.25, 0.3) is 0 Å². The lowest BCUT2D eigenvalue weighted by Crippen LogP contribution is -2.38. The first-order chi connectivity index (χ1) is 10.7. The second-order valence-corrected chi connectivity index (χ2v) is 6.32. The van der Waals surface area contributed by atoms with Crippen molar-refractivity contribution >= 4 is 11.8 Å². The Labute approximate surface area is 132 Å². The van der Waals surface area contributed by atoms with Gasteiger partial charge in [0.1, 0.15) is 0 Å². The molecule has 0 spiro atoms. The van der Waals surface area contributed by atoms with Gasteiger partial charge in [-0.05, 0) is 31.2 Å². The van der Waals surface area contributed by atoms with E-state index < -0.39 is 0 Å². The van der Waals surface area contributed by atoms with Gasteiger partial charge in [0.15, 0.2) is 0 Å². The van der Waals surface area contributed by atoms with Gasteiger partial charge in [-0.1, -0.05) is 30.3 Å². The SMILES string of the molecule is O=C(CCc1ccccc1)N1CCCN(C(=O)C2CC2)CC1. The van der Waals surface area contributed by atoms with E-state index in [0.717, 1.165) is 38.8 Å². The summed E-state index contributed by atoms with van der Waals surface area (Å²) in [5, 5.41) is 0. The Balaban J connectivity index is 1.47. The predicted molar refractivity (Wildman–Crippen MR) is 85.3 cm³/mol. The second-order valence-electron chi connectivity index (χ2n) is 6.32. The molecule has 1 saturated heterocycles. The van der Waals surface area contributed by atoms with Crippen LogP contribution >= 0.6 is 0 Å². The Bertz CT molecular complexity index is 525. The highest BCUT2D eigenvalue weighted by Gasteiger charge is 2.34. The van der Waals surface area contributed by atoms with Gasteiger partial charge in [-0.25, -0.2) is 0 Å². The minimum absolute atomic E-state index is 0.213. The molecule has 0 radical (unpaired) electrons. The summed E-state index contributed by atoms with van der Waals surface area (Å²) in [7, 11) is 0. The minimum atomic E-state index is 0.213. The fourth-order valence-corrected chi connectivity index (χ4v) is 3.03. The zero-order chi connectivity index (χ0) is 15.4. The van der Waals surface area contributed by atoms with Crippen LogP contribution in [0.1, 0.15) is 31.2 Å². The molecule has 0 aromatic heterocycles. The number of carbonyl (C=O) groups excluding carboxylic acids is 2. The fraction of sp³-hybridized carbons (Fsp3) is 0.556. The molecule has 22 heavy (non-hydrogen) atoms. The number of carbonyl (C=O) groups is 2. The van der Waals surface area contributed by atoms with E-state index in [9.17, 15) is 9.59 Å². The molecule has 0 N–H and O–H groups in total. The van der Waals surface area contributed by atoms with Crippen molar-refractivity contribution in [2.24, 2.45) is 5.92 Å². The Morgan fingerprint density at radius 3 is 2.36 bits per heavy atom. The third kappa shape index (κ3) is 3.87. The molecule has 1 aliphatic carbocycles. The third-order valence-corrected chi connectivity index (χ3v) is 4.56. The molecule has 1 aromatic carbocycles. The summed E-state index contributed by atoms with van der Waals surface area (Å²) in [5.74, 6) is 0.795. The Morgan fingerprint density at radius 1 is 0.955 bits per heavy atom. The van der Waals surface area contributed by atoms with Crippen molar-refractivity contribution in [3.05, 3.63) is 35.9 Å². The first kappa shape index (κ1) is 15.1. The first-order valence-corrected chi connectivity index (χ1v) is 8.34. The van der Waals surface area contributed by atoms with E-state index in [1.54, 1.807) is 0 Å². The van der Waals surface area contributed by atoms with Crippen molar-refractivity contribution in [3.8, 4) is 0 Å². The van der Waals surface area contributed by atoms with E-state index in [4.69, 9.17) is 0 Å². The minimum Gasteiger partial charge on any atom is -0.341 e. The molecule has 4 nitrogen and oxygen atoms in total. The molecule has 1 aliphatic heterocycles. The average molecular weight is 300 g/mol. The number of hydrogen-bond acceptors (Lipinski definition) is 2. The van der Waals surface area contributed by atoms with E-state index in [2.05, 4.69) is 12.1 Å². The van der Waals surface area contributed by atoms with Crippen molar-refractivity contribution in [1.29, 1.82) is 0 Å². The van der Waals surface area contributed by atoms with Crippen LogP contribution in [0.5, 0.6) is 0 Å². The predicted octanol–water partition coefficient (Wildman–Crippen LogP) is 2.09. The van der Waals surface area contributed by atoms with Crippen LogP contribution in [0, 0.1) is 5.92 Å². The highest BCUT2D eigenvalue weighted by Crippen LogP contribution is 2.31. The standard InChI is InChI=1S/C18H24N2O2/c21-17(10-7-15-5-2-1-3-6-15)19-11-4-12-20(14-13-19)18(22)16-8-9-16/h1-3,5-6,16H,4,7-14H2. The highest BCUT2D eigenvalue weighted by molar-refractivity contribution is 5.81. The van der Waals surface area contributed by atoms with Gasteiger partial charge in [0, 0.05) is 38.5 Å². The lowest BCUT2D eigenvalue weighted by atomic mass is 10.1. The largest absolute Gasteiger partial charge is 0.341 e. The topological polar surface area (TPSA) is 40.6 Å². The molecule has 1 saturated carbocycles. The van der Waals surface area contributed by atoms with Crippen LogP contribution in [0.15, 0.2) is 30.3 Å². The lowest BCUT2D eigenvalue weighted by Gasteiger charge is -2.22. The van der Waals surface area contributed by atoms with E-state index in [1.165, 1.54) is 5.56 Å². The third-order valence-electron chi connectivity index (χ3n) is 4.56. The van der Waals surface area contributed by atoms with E-state index in [0.29, 0.717) is 25.4 Å². The van der Waals surface area contributed by atoms with Crippen molar-refractivity contribution < 1.29 is 9.59 Å². The van der Waals surface area contributed by atoms with Gasteiger partial charge in [0.25, 0.3) is 0 Å². The second kappa shape index (κ2) is 6.95. The zero-order valence-electron chi connectivity index (χ0n) is 13.0. The molecule has 0 bridgehead atoms. The molecular weight excluding hydrogens is 276 g/mol. The summed E-state index contributed by atoms with van der Waals surface area (Å²) in [6.07, 6.45) is 4.35. The summed E-state index contributed by atoms with van der Waals surface area (Å²) in [4.78, 5) is 28.4. The summed E-state index contributed by atoms with van der Waals surface area (Å²) >= 11 is 0. The van der Waals surface area contributed by atoms with Gasteiger partial charge in [-0.3, -0.25) is 9.59 Å². The van der Waals surface area contributed by atoms with Crippen LogP contribution < -0.4 is 0 Å². The van der Waals surface area contributed by atoms with Crippen LogP contribution in [-0.4, -0.2) is 47.8 Å². The Morgan fingerprint density at radius 2 is 1.64 bits per heavy atom. The van der Waals surface area contributed by atoms with Crippen molar-refractivity contribution in [2.75, 3.05) is 26.2 Å². The maximum absolute atomic E-state index is 12.4. The quantitative estimate of drug-likeness (QED) is 0.854. The van der Waals surface area contributed by atoms with Gasteiger partial charge in [-0.15, -0.1) is 0 Å². The van der Waals surface area contributed by atoms with Gasteiger partial charge < -0.3 is 9.80 Å². The van der Waals surface area contributed by atoms with Crippen LogP contribution in [-0.2, 0) is 16.0 Å². The number of hydrogen-bond donors (Lipinski definition) is 0. The smallest absolute Gasteiger partial charge is 0.225 e. The number of amides is 2. The summed E-state index contributed by atoms with van der Waals surface area (Å²) < 4.78 is 0. The summed E-state index contributed by atoms with van der Waals surface area (Å²) in [6, 6.07) is 10.1. The van der Waals surface area contributed by atoms with Gasteiger partial charge >= 0.3 is 0 Å². The molecule has 0 unspecified atom stereocenters. The summed E-state index contributed by atoms with van der Waals surface area (Å²) in [5.41, 5.74) is 1.20. The molecule has 2 aliphatic rings. The number of nitrogens with zero attached hydrogens (tertiary/aromatic N) is 2. The van der Waals surface area contributed by atoms with Crippen molar-refractivity contribution in [3.63, 3.8) is 0 Å². The lowest BCUT2D eigenvalue weighted by molar-refractivity contribution is -0.134. The van der Waals surface area contributed by atoms with Gasteiger partial charge in [0.05, 0.1) is 0 Å². The number of benzene rings is 1. The van der Waals surface area contributed by atoms with E-state index in [-0.39, 0.29) is 11.8 Å². The zero-order valence-corrected chi connectivity index (χ0v) is 13.0. The molecule has 118 valence electrons. The monoisotopic (exact) mass is 300 g/mol.